The first-order valence-electron chi connectivity index (χ1n) is 12.8. The molecule has 38 heavy (non-hydrogen) atoms. The first kappa shape index (κ1) is 30.1. The number of carbonyl (C=O) groups excluding carboxylic acids is 3. The molecule has 3 amide bonds. The van der Waals surface area contributed by atoms with Crippen LogP contribution in [0.25, 0.3) is 0 Å². The molecule has 0 saturated heterocycles. The maximum absolute atomic E-state index is 13.3. The summed E-state index contributed by atoms with van der Waals surface area (Å²) in [5.41, 5.74) is 13.5. The molecule has 0 radical (unpaired) electrons. The summed E-state index contributed by atoms with van der Waals surface area (Å²) in [6, 6.07) is 12.3. The normalized spacial score (nSPS) is 13.3. The molecular weight excluding hydrogens is 484 g/mol. The number of benzene rings is 2. The van der Waals surface area contributed by atoms with Gasteiger partial charge in [-0.25, -0.2) is 0 Å². The molecule has 0 spiro atoms. The van der Waals surface area contributed by atoms with Crippen molar-refractivity contribution >= 4 is 23.7 Å². The Morgan fingerprint density at radius 3 is 1.95 bits per heavy atom. The molecule has 0 aliphatic heterocycles. The minimum atomic E-state index is -0.980. The quantitative estimate of drug-likeness (QED) is 0.112. The molecule has 206 valence electrons. The zero-order valence-electron chi connectivity index (χ0n) is 22.3. The molecule has 10 heteroatoms. The highest BCUT2D eigenvalue weighted by molar-refractivity contribution is 5.93. The maximum Gasteiger partial charge on any atom is 0.243 e. The summed E-state index contributed by atoms with van der Waals surface area (Å²) in [6.45, 7) is 6.41. The van der Waals surface area contributed by atoms with Gasteiger partial charge in [-0.05, 0) is 60.9 Å². The largest absolute Gasteiger partial charge is 0.508 e. The van der Waals surface area contributed by atoms with Gasteiger partial charge in [-0.3, -0.25) is 19.8 Å². The molecule has 3 atom stereocenters. The van der Waals surface area contributed by atoms with Gasteiger partial charge in [0.15, 0.2) is 5.96 Å². The van der Waals surface area contributed by atoms with Crippen LogP contribution >= 0.6 is 0 Å². The van der Waals surface area contributed by atoms with E-state index in [0.29, 0.717) is 18.9 Å². The highest BCUT2D eigenvalue weighted by Gasteiger charge is 2.28. The van der Waals surface area contributed by atoms with Crippen LogP contribution < -0.4 is 27.4 Å². The zero-order valence-corrected chi connectivity index (χ0v) is 22.3. The van der Waals surface area contributed by atoms with Crippen molar-refractivity contribution in [2.75, 3.05) is 6.54 Å². The average molecular weight is 525 g/mol. The molecule has 10 nitrogen and oxygen atoms in total. The summed E-state index contributed by atoms with van der Waals surface area (Å²) in [6.07, 6.45) is 1.77. The second kappa shape index (κ2) is 14.6. The number of phenols is 1. The molecule has 3 unspecified atom stereocenters. The Balaban J connectivity index is 2.15. The fourth-order valence-electron chi connectivity index (χ4n) is 4.03. The fraction of sp³-hybridized carbons (Fsp3) is 0.429. The topological polar surface area (TPSA) is 183 Å². The minimum Gasteiger partial charge on any atom is -0.508 e. The fourth-order valence-corrected chi connectivity index (χ4v) is 4.03. The first-order valence-corrected chi connectivity index (χ1v) is 12.8. The number of hydrogen-bond acceptors (Lipinski definition) is 5. The third-order valence-corrected chi connectivity index (χ3v) is 6.17. The van der Waals surface area contributed by atoms with E-state index in [1.165, 1.54) is 17.7 Å². The van der Waals surface area contributed by atoms with Crippen molar-refractivity contribution in [2.24, 2.45) is 17.4 Å². The second-order valence-corrected chi connectivity index (χ2v) is 9.94. The number of nitrogens with one attached hydrogen (secondary N) is 4. The van der Waals surface area contributed by atoms with Gasteiger partial charge in [0, 0.05) is 13.0 Å². The Morgan fingerprint density at radius 1 is 0.842 bits per heavy atom. The SMILES string of the molecule is CC(C)Cc1ccc(C(C)C(=O)NC(Cc2ccc(O)cc2)C(=O)NC(CCCNC(=N)N)C(N)=O)cc1. The van der Waals surface area contributed by atoms with Gasteiger partial charge in [-0.1, -0.05) is 50.2 Å². The molecule has 0 aliphatic carbocycles. The molecule has 9 N–H and O–H groups in total. The van der Waals surface area contributed by atoms with E-state index in [2.05, 4.69) is 29.8 Å². The molecule has 0 aliphatic rings. The predicted molar refractivity (Wildman–Crippen MR) is 147 cm³/mol. The zero-order chi connectivity index (χ0) is 28.2. The van der Waals surface area contributed by atoms with Gasteiger partial charge >= 0.3 is 0 Å². The predicted octanol–water partition coefficient (Wildman–Crippen LogP) is 1.66. The van der Waals surface area contributed by atoms with Crippen LogP contribution in [0.1, 0.15) is 56.2 Å². The average Bonchev–Trinajstić information content (AvgIpc) is 2.85. The lowest BCUT2D eigenvalue weighted by molar-refractivity contribution is -0.131. The third kappa shape index (κ3) is 10.1. The van der Waals surface area contributed by atoms with Crippen molar-refractivity contribution in [3.8, 4) is 5.75 Å². The van der Waals surface area contributed by atoms with E-state index in [1.807, 2.05) is 24.3 Å². The van der Waals surface area contributed by atoms with Crippen molar-refractivity contribution in [1.29, 1.82) is 5.41 Å². The maximum atomic E-state index is 13.3. The van der Waals surface area contributed by atoms with E-state index in [9.17, 15) is 19.5 Å². The number of nitrogens with two attached hydrogens (primary N) is 2. The number of guanidine groups is 1. The summed E-state index contributed by atoms with van der Waals surface area (Å²) in [5, 5.41) is 24.9. The summed E-state index contributed by atoms with van der Waals surface area (Å²) in [4.78, 5) is 38.5. The Hall–Kier alpha value is -4.08. The Labute approximate surface area is 224 Å². The summed E-state index contributed by atoms with van der Waals surface area (Å²) in [7, 11) is 0. The van der Waals surface area contributed by atoms with Crippen LogP contribution in [0.2, 0.25) is 0 Å². The van der Waals surface area contributed by atoms with Crippen LogP contribution in [-0.2, 0) is 27.2 Å². The van der Waals surface area contributed by atoms with Gasteiger partial charge in [0.25, 0.3) is 0 Å². The van der Waals surface area contributed by atoms with Crippen LogP contribution in [0.15, 0.2) is 48.5 Å². The molecule has 2 aromatic rings. The van der Waals surface area contributed by atoms with Crippen LogP contribution in [0, 0.1) is 11.3 Å². The van der Waals surface area contributed by atoms with Crippen molar-refractivity contribution in [2.45, 2.75) is 64.5 Å². The monoisotopic (exact) mass is 524 g/mol. The smallest absolute Gasteiger partial charge is 0.243 e. The van der Waals surface area contributed by atoms with E-state index in [-0.39, 0.29) is 30.5 Å². The number of aromatic hydroxyl groups is 1. The van der Waals surface area contributed by atoms with E-state index in [0.717, 1.165) is 17.5 Å². The molecule has 2 aromatic carbocycles. The highest BCUT2D eigenvalue weighted by Crippen LogP contribution is 2.19. The Morgan fingerprint density at radius 2 is 1.39 bits per heavy atom. The Bertz CT molecular complexity index is 1090. The van der Waals surface area contributed by atoms with Gasteiger partial charge in [-0.2, -0.15) is 0 Å². The van der Waals surface area contributed by atoms with Crippen LogP contribution in [-0.4, -0.2) is 47.4 Å². The summed E-state index contributed by atoms with van der Waals surface area (Å²) >= 11 is 0. The minimum absolute atomic E-state index is 0.0845. The van der Waals surface area contributed by atoms with Gasteiger partial charge in [0.05, 0.1) is 5.92 Å². The van der Waals surface area contributed by atoms with Crippen LogP contribution in [0.3, 0.4) is 0 Å². The van der Waals surface area contributed by atoms with Crippen molar-refractivity contribution in [3.05, 3.63) is 65.2 Å². The van der Waals surface area contributed by atoms with Crippen LogP contribution in [0.5, 0.6) is 5.75 Å². The molecule has 0 fully saturated rings. The summed E-state index contributed by atoms with van der Waals surface area (Å²) in [5.74, 6) is -1.67. The third-order valence-electron chi connectivity index (χ3n) is 6.17. The number of carbonyl (C=O) groups is 3. The van der Waals surface area contributed by atoms with Crippen molar-refractivity contribution < 1.29 is 19.5 Å². The standard InChI is InChI=1S/C28H40N6O4/c1-17(2)15-19-6-10-21(11-7-19)18(3)26(37)34-24(16-20-8-12-22(35)13-9-20)27(38)33-23(25(29)36)5-4-14-32-28(30)31/h6-13,17-18,23-24,35H,4-5,14-16H2,1-3H3,(H2,29,36)(H,33,38)(H,34,37)(H4,30,31,32). The van der Waals surface area contributed by atoms with Crippen molar-refractivity contribution in [1.82, 2.24) is 16.0 Å². The molecular formula is C28H40N6O4. The lowest BCUT2D eigenvalue weighted by Gasteiger charge is -2.24. The van der Waals surface area contributed by atoms with Gasteiger partial charge < -0.3 is 32.5 Å². The number of primary amides is 1. The van der Waals surface area contributed by atoms with Gasteiger partial charge in [-0.15, -0.1) is 0 Å². The lowest BCUT2D eigenvalue weighted by atomic mass is 9.95. The summed E-state index contributed by atoms with van der Waals surface area (Å²) < 4.78 is 0. The van der Waals surface area contributed by atoms with E-state index in [4.69, 9.17) is 16.9 Å². The van der Waals surface area contributed by atoms with E-state index in [1.54, 1.807) is 19.1 Å². The van der Waals surface area contributed by atoms with E-state index < -0.39 is 29.8 Å². The molecule has 2 rings (SSSR count). The van der Waals surface area contributed by atoms with E-state index >= 15 is 0 Å². The number of amides is 3. The lowest BCUT2D eigenvalue weighted by Crippen LogP contribution is -2.54. The molecule has 0 aromatic heterocycles. The van der Waals surface area contributed by atoms with Crippen LogP contribution in [0.4, 0.5) is 0 Å². The van der Waals surface area contributed by atoms with Gasteiger partial charge in [0.1, 0.15) is 17.8 Å². The van der Waals surface area contributed by atoms with Gasteiger partial charge in [0.2, 0.25) is 17.7 Å². The highest BCUT2D eigenvalue weighted by atomic mass is 16.3. The number of hydrogen-bond donors (Lipinski definition) is 7. The second-order valence-electron chi connectivity index (χ2n) is 9.94. The number of phenolic OH excluding ortho intramolecular Hbond substituents is 1. The number of rotatable bonds is 14. The molecule has 0 heterocycles. The Kier molecular flexibility index (Phi) is 11.6. The molecule has 0 saturated carbocycles. The molecule has 0 bridgehead atoms. The van der Waals surface area contributed by atoms with Crippen molar-refractivity contribution in [3.63, 3.8) is 0 Å². The first-order chi connectivity index (χ1) is 18.0.